The molecule has 5 atom stereocenters. The number of phenols is 1. The largest absolute Gasteiger partial charge is 0.504 e. The van der Waals surface area contributed by atoms with Crippen molar-refractivity contribution in [2.24, 2.45) is 17.3 Å². The molecule has 36 heavy (non-hydrogen) atoms. The maximum absolute atomic E-state index is 12.6. The van der Waals surface area contributed by atoms with Gasteiger partial charge in [-0.2, -0.15) is 13.2 Å². The Morgan fingerprint density at radius 2 is 1.89 bits per heavy atom. The van der Waals surface area contributed by atoms with E-state index in [0.29, 0.717) is 11.7 Å². The quantitative estimate of drug-likeness (QED) is 0.304. The van der Waals surface area contributed by atoms with E-state index in [9.17, 15) is 23.4 Å². The zero-order valence-electron chi connectivity index (χ0n) is 20.1. The molecule has 0 saturated heterocycles. The molecule has 0 aliphatic heterocycles. The molecule has 9 heteroatoms. The summed E-state index contributed by atoms with van der Waals surface area (Å²) in [5.74, 6) is 1.24. The monoisotopic (exact) mass is 521 g/mol. The number of aromatic hydroxyl groups is 1. The third-order valence-electron chi connectivity index (χ3n) is 8.26. The predicted molar refractivity (Wildman–Crippen MR) is 131 cm³/mol. The number of rotatable bonds is 6. The van der Waals surface area contributed by atoms with E-state index in [0.717, 1.165) is 48.1 Å². The molecule has 2 fully saturated rings. The topological polar surface area (TPSA) is 71.0 Å². The van der Waals surface area contributed by atoms with E-state index in [2.05, 4.69) is 18.5 Å². The van der Waals surface area contributed by atoms with Crippen LogP contribution in [0.5, 0.6) is 11.5 Å². The Balaban J connectivity index is 1.38. The molecule has 3 N–H and O–H groups in total. The first kappa shape index (κ1) is 25.3. The van der Waals surface area contributed by atoms with E-state index in [1.807, 2.05) is 6.07 Å². The second kappa shape index (κ2) is 9.50. The summed E-state index contributed by atoms with van der Waals surface area (Å²) in [7, 11) is 1.53. The molecule has 0 bridgehead atoms. The summed E-state index contributed by atoms with van der Waals surface area (Å²) in [4.78, 5) is 5.90. The lowest BCUT2D eigenvalue weighted by atomic mass is 9.56. The molecule has 0 spiro atoms. The van der Waals surface area contributed by atoms with Crippen LogP contribution < -0.4 is 10.2 Å². The van der Waals surface area contributed by atoms with Crippen molar-refractivity contribution in [2.45, 2.75) is 61.6 Å². The number of benzene rings is 2. The Bertz CT molecular complexity index is 1150. The van der Waals surface area contributed by atoms with Gasteiger partial charge in [0.15, 0.2) is 11.5 Å². The SMILES string of the molecule is COc1cc2c(cc1O)C(NOCc1ccc(SC(F)(F)F)cc1)=C[C@@H]1[C@@H]2CC[C@]2(C)[C@@H](O)CC[C@@H]12. The fourth-order valence-corrected chi connectivity index (χ4v) is 6.95. The number of hydrogen-bond donors (Lipinski definition) is 3. The number of alkyl halides is 3. The fraction of sp³-hybridized carbons (Fsp3) is 0.481. The number of hydrogen-bond acceptors (Lipinski definition) is 6. The lowest BCUT2D eigenvalue weighted by Crippen LogP contribution is -2.43. The minimum Gasteiger partial charge on any atom is -0.504 e. The molecule has 3 aliphatic carbocycles. The highest BCUT2D eigenvalue weighted by atomic mass is 32.2. The minimum atomic E-state index is -4.32. The van der Waals surface area contributed by atoms with Gasteiger partial charge >= 0.3 is 5.51 Å². The molecule has 2 saturated carbocycles. The lowest BCUT2D eigenvalue weighted by molar-refractivity contribution is -0.0328. The van der Waals surface area contributed by atoms with E-state index in [4.69, 9.17) is 9.57 Å². The van der Waals surface area contributed by atoms with Crippen molar-refractivity contribution in [2.75, 3.05) is 7.11 Å². The van der Waals surface area contributed by atoms with Crippen LogP contribution in [0.2, 0.25) is 0 Å². The standard InChI is InChI=1S/C27H30F3NO4S/c1-26-10-9-17-18-13-24(34-2)23(32)12-20(18)22(11-19(17)21(26)7-8-25(26)33)31-35-14-15-3-5-16(6-4-15)36-27(28,29)30/h3-6,11-13,17,19,21,25,31-33H,7-10,14H2,1-2H3/t17-,19-,21+,25+,26+/m1/s1. The van der Waals surface area contributed by atoms with Crippen molar-refractivity contribution in [1.29, 1.82) is 0 Å². The number of nitrogens with one attached hydrogen (secondary N) is 1. The molecule has 5 nitrogen and oxygen atoms in total. The number of aliphatic hydroxyl groups is 1. The average Bonchev–Trinajstić information content (AvgIpc) is 3.13. The van der Waals surface area contributed by atoms with Crippen LogP contribution in [-0.4, -0.2) is 28.9 Å². The zero-order chi connectivity index (χ0) is 25.7. The Morgan fingerprint density at radius 3 is 2.58 bits per heavy atom. The first-order chi connectivity index (χ1) is 17.1. The van der Waals surface area contributed by atoms with Gasteiger partial charge in [-0.3, -0.25) is 10.3 Å². The number of fused-ring (bicyclic) bond motifs is 5. The molecule has 194 valence electrons. The molecule has 2 aromatic carbocycles. The van der Waals surface area contributed by atoms with Gasteiger partial charge in [0.05, 0.1) is 25.5 Å². The maximum Gasteiger partial charge on any atom is 0.446 e. The number of methoxy groups -OCH3 is 1. The van der Waals surface area contributed by atoms with E-state index in [-0.39, 0.29) is 52.4 Å². The molecular formula is C27H30F3NO4S. The van der Waals surface area contributed by atoms with Gasteiger partial charge in [0, 0.05) is 10.5 Å². The van der Waals surface area contributed by atoms with Crippen LogP contribution in [0.3, 0.4) is 0 Å². The number of phenolic OH excluding ortho intramolecular Hbond substituents is 1. The number of halogens is 3. The molecule has 0 heterocycles. The molecule has 0 amide bonds. The number of ether oxygens (including phenoxy) is 1. The van der Waals surface area contributed by atoms with Gasteiger partial charge in [0.25, 0.3) is 0 Å². The highest BCUT2D eigenvalue weighted by Crippen LogP contribution is 2.61. The molecule has 0 aromatic heterocycles. The van der Waals surface area contributed by atoms with Gasteiger partial charge in [-0.25, -0.2) is 0 Å². The second-order valence-corrected chi connectivity index (χ2v) is 11.3. The Labute approximate surface area is 212 Å². The number of thioether (sulfide) groups is 1. The second-order valence-electron chi connectivity index (χ2n) is 10.2. The van der Waals surface area contributed by atoms with Crippen molar-refractivity contribution >= 4 is 17.5 Å². The van der Waals surface area contributed by atoms with Gasteiger partial charge in [0.1, 0.15) is 0 Å². The molecular weight excluding hydrogens is 491 g/mol. The van der Waals surface area contributed by atoms with Crippen LogP contribution >= 0.6 is 11.8 Å². The Hall–Kier alpha value is -2.36. The Kier molecular flexibility index (Phi) is 6.68. The zero-order valence-corrected chi connectivity index (χ0v) is 21.0. The van der Waals surface area contributed by atoms with Crippen molar-refractivity contribution in [3.8, 4) is 11.5 Å². The molecule has 5 rings (SSSR count). The van der Waals surface area contributed by atoms with Crippen molar-refractivity contribution in [3.63, 3.8) is 0 Å². The van der Waals surface area contributed by atoms with Crippen LogP contribution in [0.1, 0.15) is 55.2 Å². The van der Waals surface area contributed by atoms with Gasteiger partial charge in [0.2, 0.25) is 0 Å². The smallest absolute Gasteiger partial charge is 0.446 e. The third-order valence-corrected chi connectivity index (χ3v) is 9.00. The summed E-state index contributed by atoms with van der Waals surface area (Å²) in [6.07, 6.45) is 5.49. The average molecular weight is 522 g/mol. The fourth-order valence-electron chi connectivity index (χ4n) is 6.41. The predicted octanol–water partition coefficient (Wildman–Crippen LogP) is 6.36. The summed E-state index contributed by atoms with van der Waals surface area (Å²) < 4.78 is 43.1. The van der Waals surface area contributed by atoms with Crippen molar-refractivity contribution in [3.05, 3.63) is 59.2 Å². The summed E-state index contributed by atoms with van der Waals surface area (Å²) in [6, 6.07) is 9.66. The number of allylic oxidation sites excluding steroid dienone is 1. The highest BCUT2D eigenvalue weighted by molar-refractivity contribution is 8.00. The van der Waals surface area contributed by atoms with E-state index in [1.54, 1.807) is 18.2 Å². The minimum absolute atomic E-state index is 0.0390. The van der Waals surface area contributed by atoms with Crippen molar-refractivity contribution in [1.82, 2.24) is 5.48 Å². The summed E-state index contributed by atoms with van der Waals surface area (Å²) in [5, 5.41) is 21.2. The Morgan fingerprint density at radius 1 is 1.14 bits per heavy atom. The van der Waals surface area contributed by atoms with Gasteiger partial charge in [-0.1, -0.05) is 25.1 Å². The van der Waals surface area contributed by atoms with Gasteiger partial charge in [-0.05, 0) is 96.0 Å². The number of hydroxylamine groups is 1. The lowest BCUT2D eigenvalue weighted by Gasteiger charge is -2.49. The van der Waals surface area contributed by atoms with E-state index in [1.165, 1.54) is 19.2 Å². The van der Waals surface area contributed by atoms with Crippen LogP contribution in [-0.2, 0) is 11.4 Å². The van der Waals surface area contributed by atoms with Gasteiger partial charge < -0.3 is 14.9 Å². The molecule has 3 aliphatic rings. The van der Waals surface area contributed by atoms with Crippen LogP contribution in [0.15, 0.2) is 47.4 Å². The summed E-state index contributed by atoms with van der Waals surface area (Å²) >= 11 is -0.147. The van der Waals surface area contributed by atoms with Crippen LogP contribution in [0.25, 0.3) is 5.70 Å². The first-order valence-corrected chi connectivity index (χ1v) is 12.9. The summed E-state index contributed by atoms with van der Waals surface area (Å²) in [5.41, 5.74) is 1.98. The van der Waals surface area contributed by atoms with Crippen LogP contribution in [0.4, 0.5) is 13.2 Å². The number of aliphatic hydroxyl groups excluding tert-OH is 1. The van der Waals surface area contributed by atoms with E-state index < -0.39 is 5.51 Å². The normalized spacial score (nSPS) is 29.1. The molecule has 0 unspecified atom stereocenters. The first-order valence-electron chi connectivity index (χ1n) is 12.1. The highest BCUT2D eigenvalue weighted by Gasteiger charge is 2.54. The maximum atomic E-state index is 12.6. The molecule has 0 radical (unpaired) electrons. The van der Waals surface area contributed by atoms with Crippen molar-refractivity contribution < 1.29 is 33.0 Å². The van der Waals surface area contributed by atoms with E-state index >= 15 is 0 Å². The van der Waals surface area contributed by atoms with Crippen LogP contribution in [0, 0.1) is 17.3 Å². The molecule has 2 aromatic rings. The van der Waals surface area contributed by atoms with Gasteiger partial charge in [-0.15, -0.1) is 0 Å². The summed E-state index contributed by atoms with van der Waals surface area (Å²) in [6.45, 7) is 2.34. The third kappa shape index (κ3) is 4.68.